The lowest BCUT2D eigenvalue weighted by molar-refractivity contribution is -0.118. The van der Waals surface area contributed by atoms with Gasteiger partial charge in [-0.1, -0.05) is 12.1 Å². The van der Waals surface area contributed by atoms with E-state index in [-0.39, 0.29) is 25.1 Å². The zero-order valence-corrected chi connectivity index (χ0v) is 16.7. The van der Waals surface area contributed by atoms with E-state index in [9.17, 15) is 9.90 Å². The number of carbonyl (C=O) groups excluding carboxylic acids is 1. The lowest BCUT2D eigenvalue weighted by atomic mass is 9.89. The van der Waals surface area contributed by atoms with Crippen LogP contribution in [-0.2, 0) is 4.79 Å². The van der Waals surface area contributed by atoms with Crippen LogP contribution < -0.4 is 15.4 Å². The zero-order chi connectivity index (χ0) is 18.5. The Bertz CT molecular complexity index is 663. The number of halogens is 1. The third-order valence-corrected chi connectivity index (χ3v) is 5.60. The predicted molar refractivity (Wildman–Crippen MR) is 107 cm³/mol. The summed E-state index contributed by atoms with van der Waals surface area (Å²) in [5.41, 5.74) is 0.577. The van der Waals surface area contributed by atoms with Crippen LogP contribution >= 0.6 is 22.6 Å². The molecule has 1 aromatic rings. The summed E-state index contributed by atoms with van der Waals surface area (Å²) in [4.78, 5) is 12.4. The molecule has 0 aromatic heterocycles. The first-order valence-electron chi connectivity index (χ1n) is 9.01. The third-order valence-electron chi connectivity index (χ3n) is 4.71. The molecule has 3 unspecified atom stereocenters. The fourth-order valence-corrected chi connectivity index (χ4v) is 3.54. The van der Waals surface area contributed by atoms with E-state index < -0.39 is 12.2 Å². The highest BCUT2D eigenvalue weighted by Crippen LogP contribution is 2.30. The summed E-state index contributed by atoms with van der Waals surface area (Å²) in [5, 5.41) is 25.8. The maximum absolute atomic E-state index is 12.4. The van der Waals surface area contributed by atoms with Gasteiger partial charge in [-0.2, -0.15) is 0 Å². The van der Waals surface area contributed by atoms with E-state index in [1.165, 1.54) is 12.8 Å². The Labute approximate surface area is 167 Å². The molecule has 4 N–H and O–H groups in total. The fourth-order valence-electron chi connectivity index (χ4n) is 3.03. The standard InChI is InChI=1S/C19H25IN2O4/c20-14-3-1-2-4-16(14)26-17-10-13(19(25)21-7-8-23)9-15(18(17)24)22-11-12-5-6-12/h1-4,10,12,15,17-18,22-24H,5-9,11H2,(H,21,25). The first-order chi connectivity index (χ1) is 12.6. The molecule has 1 amide bonds. The van der Waals surface area contributed by atoms with Crippen LogP contribution in [0.5, 0.6) is 5.75 Å². The molecule has 0 radical (unpaired) electrons. The number of rotatable bonds is 8. The molecule has 6 nitrogen and oxygen atoms in total. The van der Waals surface area contributed by atoms with Crippen molar-refractivity contribution in [2.75, 3.05) is 19.7 Å². The van der Waals surface area contributed by atoms with Gasteiger partial charge in [0.25, 0.3) is 0 Å². The van der Waals surface area contributed by atoms with Crippen molar-refractivity contribution in [2.24, 2.45) is 5.92 Å². The number of hydrogen-bond donors (Lipinski definition) is 4. The van der Waals surface area contributed by atoms with Gasteiger partial charge in [0.2, 0.25) is 5.91 Å². The second-order valence-electron chi connectivity index (χ2n) is 6.84. The highest BCUT2D eigenvalue weighted by Gasteiger charge is 2.36. The van der Waals surface area contributed by atoms with Gasteiger partial charge in [0.05, 0.1) is 10.2 Å². The molecular formula is C19H25IN2O4. The molecule has 7 heteroatoms. The van der Waals surface area contributed by atoms with Crippen LogP contribution in [0.15, 0.2) is 35.9 Å². The summed E-state index contributed by atoms with van der Waals surface area (Å²) < 4.78 is 6.98. The molecule has 0 saturated heterocycles. The first kappa shape index (κ1) is 19.6. The number of hydrogen-bond acceptors (Lipinski definition) is 5. The number of para-hydroxylation sites is 1. The smallest absolute Gasteiger partial charge is 0.247 e. The monoisotopic (exact) mass is 472 g/mol. The van der Waals surface area contributed by atoms with Gasteiger partial charge in [-0.25, -0.2) is 0 Å². The van der Waals surface area contributed by atoms with E-state index in [1.54, 1.807) is 6.08 Å². The molecule has 26 heavy (non-hydrogen) atoms. The number of nitrogens with one attached hydrogen (secondary N) is 2. The van der Waals surface area contributed by atoms with Crippen LogP contribution in [0.4, 0.5) is 0 Å². The number of carbonyl (C=O) groups is 1. The Hall–Kier alpha value is -1.16. The van der Waals surface area contributed by atoms with Crippen LogP contribution in [0, 0.1) is 9.49 Å². The number of aliphatic hydroxyl groups excluding tert-OH is 2. The first-order valence-corrected chi connectivity index (χ1v) is 10.1. The van der Waals surface area contributed by atoms with E-state index in [4.69, 9.17) is 9.84 Å². The minimum Gasteiger partial charge on any atom is -0.482 e. The fraction of sp³-hybridized carbons (Fsp3) is 0.526. The van der Waals surface area contributed by atoms with Crippen molar-refractivity contribution in [3.05, 3.63) is 39.5 Å². The molecule has 3 atom stereocenters. The van der Waals surface area contributed by atoms with Gasteiger partial charge >= 0.3 is 0 Å². The summed E-state index contributed by atoms with van der Waals surface area (Å²) in [6, 6.07) is 7.37. The summed E-state index contributed by atoms with van der Waals surface area (Å²) in [5.74, 6) is 1.14. The maximum Gasteiger partial charge on any atom is 0.247 e. The largest absolute Gasteiger partial charge is 0.482 e. The average molecular weight is 472 g/mol. The zero-order valence-electron chi connectivity index (χ0n) is 14.5. The van der Waals surface area contributed by atoms with Crippen molar-refractivity contribution in [3.63, 3.8) is 0 Å². The van der Waals surface area contributed by atoms with E-state index >= 15 is 0 Å². The number of ether oxygens (including phenoxy) is 1. The number of amides is 1. The third kappa shape index (κ3) is 5.18. The van der Waals surface area contributed by atoms with Gasteiger partial charge in [0.1, 0.15) is 18.0 Å². The van der Waals surface area contributed by atoms with E-state index in [2.05, 4.69) is 33.2 Å². The Morgan fingerprint density at radius 3 is 2.77 bits per heavy atom. The van der Waals surface area contributed by atoms with Crippen molar-refractivity contribution in [1.82, 2.24) is 10.6 Å². The SMILES string of the molecule is O=C(NCCO)C1=CC(Oc2ccccc2I)C(O)C(NCC2CC2)C1. The molecule has 3 rings (SSSR count). The van der Waals surface area contributed by atoms with Gasteiger partial charge in [0.15, 0.2) is 0 Å². The topological polar surface area (TPSA) is 90.8 Å². The summed E-state index contributed by atoms with van der Waals surface area (Å²) in [7, 11) is 0. The van der Waals surface area contributed by atoms with Gasteiger partial charge in [-0.05, 0) is 72.5 Å². The van der Waals surface area contributed by atoms with Gasteiger partial charge < -0.3 is 25.6 Å². The van der Waals surface area contributed by atoms with E-state index in [0.29, 0.717) is 23.7 Å². The molecule has 0 bridgehead atoms. The molecule has 2 aliphatic carbocycles. The molecule has 0 aliphatic heterocycles. The Morgan fingerprint density at radius 2 is 2.08 bits per heavy atom. The molecular weight excluding hydrogens is 447 g/mol. The van der Waals surface area contributed by atoms with E-state index in [1.807, 2.05) is 24.3 Å². The minimum absolute atomic E-state index is 0.104. The van der Waals surface area contributed by atoms with Crippen LogP contribution in [0.25, 0.3) is 0 Å². The molecule has 1 aromatic carbocycles. The summed E-state index contributed by atoms with van der Waals surface area (Å²) >= 11 is 2.19. The molecule has 1 fully saturated rings. The molecule has 0 heterocycles. The highest BCUT2D eigenvalue weighted by molar-refractivity contribution is 14.1. The number of aliphatic hydroxyl groups is 2. The van der Waals surface area contributed by atoms with E-state index in [0.717, 1.165) is 10.1 Å². The van der Waals surface area contributed by atoms with Crippen molar-refractivity contribution in [2.45, 2.75) is 37.5 Å². The highest BCUT2D eigenvalue weighted by atomic mass is 127. The summed E-state index contributed by atoms with van der Waals surface area (Å²) in [6.45, 7) is 0.955. The quantitative estimate of drug-likeness (QED) is 0.427. The Kier molecular flexibility index (Phi) is 6.91. The number of benzene rings is 1. The predicted octanol–water partition coefficient (Wildman–Crippen LogP) is 1.21. The van der Waals surface area contributed by atoms with Crippen molar-refractivity contribution >= 4 is 28.5 Å². The second kappa shape index (κ2) is 9.16. The minimum atomic E-state index is -0.737. The van der Waals surface area contributed by atoms with Crippen molar-refractivity contribution in [1.29, 1.82) is 0 Å². The van der Waals surface area contributed by atoms with Crippen LogP contribution in [-0.4, -0.2) is 54.1 Å². The van der Waals surface area contributed by atoms with Gasteiger partial charge in [-0.15, -0.1) is 0 Å². The molecule has 0 spiro atoms. The van der Waals surface area contributed by atoms with Gasteiger partial charge in [-0.3, -0.25) is 4.79 Å². The molecule has 142 valence electrons. The Morgan fingerprint density at radius 1 is 1.31 bits per heavy atom. The second-order valence-corrected chi connectivity index (χ2v) is 8.00. The lowest BCUT2D eigenvalue weighted by Gasteiger charge is -2.34. The summed E-state index contributed by atoms with van der Waals surface area (Å²) in [6.07, 6.45) is 3.24. The van der Waals surface area contributed by atoms with Crippen LogP contribution in [0.2, 0.25) is 0 Å². The molecule has 2 aliphatic rings. The Balaban J connectivity index is 1.75. The van der Waals surface area contributed by atoms with Crippen LogP contribution in [0.3, 0.4) is 0 Å². The maximum atomic E-state index is 12.4. The van der Waals surface area contributed by atoms with Crippen molar-refractivity contribution in [3.8, 4) is 5.75 Å². The molecule has 1 saturated carbocycles. The average Bonchev–Trinajstić information content (AvgIpc) is 3.46. The van der Waals surface area contributed by atoms with Crippen LogP contribution in [0.1, 0.15) is 19.3 Å². The lowest BCUT2D eigenvalue weighted by Crippen LogP contribution is -2.52. The normalized spacial score (nSPS) is 25.5. The van der Waals surface area contributed by atoms with Gasteiger partial charge in [0, 0.05) is 18.2 Å². The van der Waals surface area contributed by atoms with Crippen molar-refractivity contribution < 1.29 is 19.7 Å².